The number of aryl methyl sites for hydroxylation is 1. The van der Waals surface area contributed by atoms with Gasteiger partial charge in [0.1, 0.15) is 0 Å². The molecule has 0 amide bonds. The van der Waals surface area contributed by atoms with Gasteiger partial charge in [-0.25, -0.2) is 4.98 Å². The van der Waals surface area contributed by atoms with Gasteiger partial charge in [0.05, 0.1) is 29.1 Å². The van der Waals surface area contributed by atoms with Crippen LogP contribution in [-0.2, 0) is 6.42 Å². The quantitative estimate of drug-likeness (QED) is 0.723. The van der Waals surface area contributed by atoms with Crippen LogP contribution < -0.4 is 5.56 Å². The van der Waals surface area contributed by atoms with Gasteiger partial charge in [-0.15, -0.1) is 0 Å². The van der Waals surface area contributed by atoms with Crippen molar-refractivity contribution in [2.45, 2.75) is 13.3 Å². The van der Waals surface area contributed by atoms with Crippen LogP contribution in [0.4, 0.5) is 0 Å². The second-order valence-electron chi connectivity index (χ2n) is 4.27. The van der Waals surface area contributed by atoms with Crippen LogP contribution in [0.2, 0.25) is 0 Å². The van der Waals surface area contributed by atoms with E-state index in [1.54, 1.807) is 6.92 Å². The van der Waals surface area contributed by atoms with E-state index in [4.69, 9.17) is 5.26 Å². The van der Waals surface area contributed by atoms with E-state index in [-0.39, 0.29) is 12.0 Å². The standard InChI is InChI=1S/C13H11N5O/c1-8-9(6-7-14)12(19)18(17-8)13-15-10-4-2-3-5-11(10)16-13/h2-5,17H,6H2,1H3,(H,15,16). The molecule has 0 aliphatic rings. The minimum absolute atomic E-state index is 0.0917. The van der Waals surface area contributed by atoms with E-state index >= 15 is 0 Å². The Kier molecular flexibility index (Phi) is 2.46. The van der Waals surface area contributed by atoms with Gasteiger partial charge < -0.3 is 4.98 Å². The third kappa shape index (κ3) is 1.72. The number of H-pyrrole nitrogens is 2. The van der Waals surface area contributed by atoms with Crippen LogP contribution in [0.3, 0.4) is 0 Å². The maximum absolute atomic E-state index is 12.2. The van der Waals surface area contributed by atoms with E-state index in [2.05, 4.69) is 15.1 Å². The van der Waals surface area contributed by atoms with Gasteiger partial charge in [-0.1, -0.05) is 12.1 Å². The van der Waals surface area contributed by atoms with Crippen LogP contribution in [0, 0.1) is 18.3 Å². The molecule has 19 heavy (non-hydrogen) atoms. The fourth-order valence-electron chi connectivity index (χ4n) is 2.06. The van der Waals surface area contributed by atoms with Crippen molar-refractivity contribution in [3.63, 3.8) is 0 Å². The molecule has 0 fully saturated rings. The number of hydrogen-bond donors (Lipinski definition) is 2. The molecule has 3 rings (SSSR count). The van der Waals surface area contributed by atoms with E-state index in [1.165, 1.54) is 4.68 Å². The Hall–Kier alpha value is -2.81. The molecule has 0 bridgehead atoms. The van der Waals surface area contributed by atoms with Gasteiger partial charge in [0.25, 0.3) is 5.56 Å². The smallest absolute Gasteiger partial charge is 0.278 e. The van der Waals surface area contributed by atoms with Crippen LogP contribution in [0.25, 0.3) is 17.0 Å². The number of fused-ring (bicyclic) bond motifs is 1. The van der Waals surface area contributed by atoms with Gasteiger partial charge >= 0.3 is 0 Å². The Morgan fingerprint density at radius 3 is 2.95 bits per heavy atom. The maximum atomic E-state index is 12.2. The van der Waals surface area contributed by atoms with Crippen LogP contribution in [0.1, 0.15) is 11.3 Å². The highest BCUT2D eigenvalue weighted by atomic mass is 16.1. The second-order valence-corrected chi connectivity index (χ2v) is 4.27. The van der Waals surface area contributed by atoms with Crippen molar-refractivity contribution < 1.29 is 0 Å². The molecule has 3 aromatic rings. The lowest BCUT2D eigenvalue weighted by atomic mass is 10.2. The molecule has 0 saturated carbocycles. The van der Waals surface area contributed by atoms with E-state index in [1.807, 2.05) is 30.3 Å². The summed E-state index contributed by atoms with van der Waals surface area (Å²) in [6.45, 7) is 1.77. The van der Waals surface area contributed by atoms with Crippen molar-refractivity contribution in [1.29, 1.82) is 5.26 Å². The Balaban J connectivity index is 2.19. The molecule has 0 aliphatic carbocycles. The van der Waals surface area contributed by atoms with Crippen molar-refractivity contribution in [2.24, 2.45) is 0 Å². The zero-order valence-electron chi connectivity index (χ0n) is 10.3. The topological polar surface area (TPSA) is 90.3 Å². The molecule has 2 aromatic heterocycles. The first kappa shape index (κ1) is 11.3. The molecule has 0 saturated heterocycles. The molecule has 6 nitrogen and oxygen atoms in total. The average molecular weight is 253 g/mol. The fourth-order valence-corrected chi connectivity index (χ4v) is 2.06. The largest absolute Gasteiger partial charge is 0.322 e. The van der Waals surface area contributed by atoms with Crippen molar-refractivity contribution in [1.82, 2.24) is 19.7 Å². The molecule has 0 unspecified atom stereocenters. The van der Waals surface area contributed by atoms with Gasteiger partial charge in [-0.05, 0) is 19.1 Å². The number of nitrogens with zero attached hydrogens (tertiary/aromatic N) is 3. The summed E-state index contributed by atoms with van der Waals surface area (Å²) in [4.78, 5) is 19.6. The molecular weight excluding hydrogens is 242 g/mol. The summed E-state index contributed by atoms with van der Waals surface area (Å²) in [5, 5.41) is 11.7. The van der Waals surface area contributed by atoms with Gasteiger partial charge in [0.15, 0.2) is 0 Å². The number of hydrogen-bond acceptors (Lipinski definition) is 3. The van der Waals surface area contributed by atoms with E-state index in [0.717, 1.165) is 11.0 Å². The Morgan fingerprint density at radius 2 is 2.21 bits per heavy atom. The Labute approximate surface area is 108 Å². The highest BCUT2D eigenvalue weighted by molar-refractivity contribution is 5.75. The monoisotopic (exact) mass is 253 g/mol. The first-order valence-corrected chi connectivity index (χ1v) is 5.83. The normalized spacial score (nSPS) is 10.7. The number of para-hydroxylation sites is 2. The number of nitriles is 1. The van der Waals surface area contributed by atoms with Crippen molar-refractivity contribution >= 4 is 11.0 Å². The van der Waals surface area contributed by atoms with Crippen molar-refractivity contribution in [2.75, 3.05) is 0 Å². The summed E-state index contributed by atoms with van der Waals surface area (Å²) in [6.07, 6.45) is 0.0917. The molecule has 94 valence electrons. The predicted octanol–water partition coefficient (Wildman–Crippen LogP) is 1.42. The molecular formula is C13H11N5O. The maximum Gasteiger partial charge on any atom is 0.278 e. The molecule has 2 N–H and O–H groups in total. The summed E-state index contributed by atoms with van der Waals surface area (Å²) >= 11 is 0. The van der Waals surface area contributed by atoms with Crippen molar-refractivity contribution in [3.05, 3.63) is 45.9 Å². The van der Waals surface area contributed by atoms with Gasteiger partial charge in [0, 0.05) is 5.69 Å². The van der Waals surface area contributed by atoms with Gasteiger partial charge in [-0.3, -0.25) is 9.89 Å². The minimum Gasteiger partial charge on any atom is -0.322 e. The third-order valence-electron chi connectivity index (χ3n) is 3.04. The van der Waals surface area contributed by atoms with Gasteiger partial charge in [-0.2, -0.15) is 9.94 Å². The highest BCUT2D eigenvalue weighted by Gasteiger charge is 2.14. The summed E-state index contributed by atoms with van der Waals surface area (Å²) in [6, 6.07) is 9.53. The predicted molar refractivity (Wildman–Crippen MR) is 70.1 cm³/mol. The third-order valence-corrected chi connectivity index (χ3v) is 3.04. The molecule has 0 radical (unpaired) electrons. The first-order chi connectivity index (χ1) is 9.20. The van der Waals surface area contributed by atoms with Crippen LogP contribution >= 0.6 is 0 Å². The number of nitrogens with one attached hydrogen (secondary N) is 2. The molecule has 2 heterocycles. The fraction of sp³-hybridized carbons (Fsp3) is 0.154. The number of imidazole rings is 1. The summed E-state index contributed by atoms with van der Waals surface area (Å²) < 4.78 is 1.34. The Bertz CT molecular complexity index is 813. The zero-order valence-corrected chi connectivity index (χ0v) is 10.3. The van der Waals surface area contributed by atoms with Crippen LogP contribution in [0.15, 0.2) is 29.1 Å². The molecule has 0 spiro atoms. The molecule has 0 aliphatic heterocycles. The summed E-state index contributed by atoms with van der Waals surface area (Å²) in [5.41, 5.74) is 2.57. The zero-order chi connectivity index (χ0) is 13.4. The summed E-state index contributed by atoms with van der Waals surface area (Å²) in [5.74, 6) is 0.429. The van der Waals surface area contributed by atoms with Gasteiger partial charge in [0.2, 0.25) is 5.95 Å². The molecule has 1 aromatic carbocycles. The van der Waals surface area contributed by atoms with E-state index < -0.39 is 0 Å². The lowest BCUT2D eigenvalue weighted by Gasteiger charge is -1.93. The average Bonchev–Trinajstić information content (AvgIpc) is 2.94. The van der Waals surface area contributed by atoms with E-state index in [9.17, 15) is 4.79 Å². The molecule has 0 atom stereocenters. The number of aromatic amines is 2. The molecule has 6 heteroatoms. The minimum atomic E-state index is -0.238. The lowest BCUT2D eigenvalue weighted by Crippen LogP contribution is -2.18. The van der Waals surface area contributed by atoms with E-state index in [0.29, 0.717) is 17.2 Å². The Morgan fingerprint density at radius 1 is 1.42 bits per heavy atom. The lowest BCUT2D eigenvalue weighted by molar-refractivity contribution is 0.790. The van der Waals surface area contributed by atoms with Crippen molar-refractivity contribution in [3.8, 4) is 12.0 Å². The van der Waals surface area contributed by atoms with Crippen LogP contribution in [0.5, 0.6) is 0 Å². The first-order valence-electron chi connectivity index (χ1n) is 5.83. The summed E-state index contributed by atoms with van der Waals surface area (Å²) in [7, 11) is 0. The number of rotatable bonds is 2. The second kappa shape index (κ2) is 4.14. The number of benzene rings is 1. The SMILES string of the molecule is Cc1[nH]n(-c2nc3ccccc3[nH]2)c(=O)c1CC#N. The highest BCUT2D eigenvalue weighted by Crippen LogP contribution is 2.12. The number of aromatic nitrogens is 4. The van der Waals surface area contributed by atoms with Crippen LogP contribution in [-0.4, -0.2) is 19.7 Å².